The Morgan fingerprint density at radius 3 is 2.47 bits per heavy atom. The van der Waals surface area contributed by atoms with Crippen LogP contribution in [0.5, 0.6) is 0 Å². The number of aliphatic hydroxyl groups is 1. The van der Waals surface area contributed by atoms with E-state index in [0.717, 1.165) is 0 Å². The van der Waals surface area contributed by atoms with E-state index < -0.39 is 24.6 Å². The van der Waals surface area contributed by atoms with Crippen molar-refractivity contribution in [2.45, 2.75) is 19.9 Å². The number of nitrogens with one attached hydrogen (secondary N) is 2. The SMILES string of the molecule is CC(C)COCCNC(=O)N[C@H](CO)C(=O)O. The van der Waals surface area contributed by atoms with Crippen LogP contribution < -0.4 is 10.6 Å². The topological polar surface area (TPSA) is 108 Å². The second-order valence-corrected chi connectivity index (χ2v) is 3.94. The molecule has 0 heterocycles. The van der Waals surface area contributed by atoms with Crippen LogP contribution in [0.15, 0.2) is 0 Å². The van der Waals surface area contributed by atoms with Gasteiger partial charge < -0.3 is 25.6 Å². The summed E-state index contributed by atoms with van der Waals surface area (Å²) in [6, 6.07) is -1.92. The Morgan fingerprint density at radius 1 is 1.35 bits per heavy atom. The standard InChI is InChI=1S/C10H20N2O5/c1-7(2)6-17-4-3-11-10(16)12-8(5-13)9(14)15/h7-8,13H,3-6H2,1-2H3,(H,14,15)(H2,11,12,16)/t8-/m1/s1. The maximum atomic E-state index is 11.2. The summed E-state index contributed by atoms with van der Waals surface area (Å²) in [5, 5.41) is 21.8. The van der Waals surface area contributed by atoms with Crippen LogP contribution in [0.25, 0.3) is 0 Å². The molecular formula is C10H20N2O5. The first-order valence-electron chi connectivity index (χ1n) is 5.43. The molecule has 0 unspecified atom stereocenters. The van der Waals surface area contributed by atoms with Gasteiger partial charge in [-0.05, 0) is 5.92 Å². The van der Waals surface area contributed by atoms with Crippen LogP contribution in [0, 0.1) is 5.92 Å². The van der Waals surface area contributed by atoms with E-state index in [1.165, 1.54) is 0 Å². The van der Waals surface area contributed by atoms with Gasteiger partial charge in [-0.3, -0.25) is 0 Å². The van der Waals surface area contributed by atoms with Gasteiger partial charge in [0.05, 0.1) is 13.2 Å². The molecule has 1 atom stereocenters. The van der Waals surface area contributed by atoms with Gasteiger partial charge in [-0.25, -0.2) is 9.59 Å². The zero-order valence-corrected chi connectivity index (χ0v) is 10.1. The molecule has 0 spiro atoms. The van der Waals surface area contributed by atoms with Crippen molar-refractivity contribution in [2.75, 3.05) is 26.4 Å². The fourth-order valence-corrected chi connectivity index (χ4v) is 0.951. The lowest BCUT2D eigenvalue weighted by Crippen LogP contribution is -2.48. The number of carbonyl (C=O) groups excluding carboxylic acids is 1. The average molecular weight is 248 g/mol. The molecule has 2 amide bonds. The number of carbonyl (C=O) groups is 2. The summed E-state index contributed by atoms with van der Waals surface area (Å²) >= 11 is 0. The van der Waals surface area contributed by atoms with Gasteiger partial charge in [-0.1, -0.05) is 13.8 Å². The Hall–Kier alpha value is -1.34. The van der Waals surface area contributed by atoms with E-state index >= 15 is 0 Å². The highest BCUT2D eigenvalue weighted by molar-refractivity contribution is 5.82. The van der Waals surface area contributed by atoms with Crippen molar-refractivity contribution in [1.82, 2.24) is 10.6 Å². The normalized spacial score (nSPS) is 12.2. The molecule has 0 aliphatic rings. The van der Waals surface area contributed by atoms with Crippen LogP contribution in [0.2, 0.25) is 0 Å². The Kier molecular flexibility index (Phi) is 8.08. The van der Waals surface area contributed by atoms with E-state index in [2.05, 4.69) is 10.6 Å². The van der Waals surface area contributed by atoms with Crippen molar-refractivity contribution in [1.29, 1.82) is 0 Å². The number of urea groups is 1. The van der Waals surface area contributed by atoms with Gasteiger partial charge in [0.1, 0.15) is 0 Å². The maximum Gasteiger partial charge on any atom is 0.328 e. The number of carboxylic acids is 1. The van der Waals surface area contributed by atoms with E-state index in [4.69, 9.17) is 14.9 Å². The lowest BCUT2D eigenvalue weighted by molar-refractivity contribution is -0.140. The molecular weight excluding hydrogens is 228 g/mol. The zero-order valence-electron chi connectivity index (χ0n) is 10.1. The molecule has 0 aromatic rings. The summed E-state index contributed by atoms with van der Waals surface area (Å²) in [4.78, 5) is 21.7. The van der Waals surface area contributed by atoms with Gasteiger partial charge in [-0.2, -0.15) is 0 Å². The first-order valence-corrected chi connectivity index (χ1v) is 5.43. The van der Waals surface area contributed by atoms with Crippen LogP contribution in [0.3, 0.4) is 0 Å². The van der Waals surface area contributed by atoms with Gasteiger partial charge in [0.2, 0.25) is 0 Å². The molecule has 0 aliphatic carbocycles. The second-order valence-electron chi connectivity index (χ2n) is 3.94. The van der Waals surface area contributed by atoms with Crippen LogP contribution in [0.1, 0.15) is 13.8 Å². The lowest BCUT2D eigenvalue weighted by atomic mass is 10.2. The number of hydrogen-bond donors (Lipinski definition) is 4. The van der Waals surface area contributed by atoms with Gasteiger partial charge >= 0.3 is 12.0 Å². The third kappa shape index (κ3) is 8.47. The monoisotopic (exact) mass is 248 g/mol. The first-order chi connectivity index (χ1) is 7.97. The molecule has 0 saturated heterocycles. The average Bonchev–Trinajstić information content (AvgIpc) is 2.24. The molecule has 0 aliphatic heterocycles. The number of aliphatic carboxylic acids is 1. The predicted molar refractivity (Wildman–Crippen MR) is 60.7 cm³/mol. The van der Waals surface area contributed by atoms with Crippen LogP contribution in [-0.4, -0.2) is 54.6 Å². The molecule has 0 fully saturated rings. The minimum absolute atomic E-state index is 0.288. The minimum atomic E-state index is -1.29. The molecule has 0 saturated carbocycles. The highest BCUT2D eigenvalue weighted by Crippen LogP contribution is 1.91. The number of aliphatic hydroxyl groups excluding tert-OH is 1. The molecule has 0 aromatic heterocycles. The number of rotatable bonds is 8. The molecule has 7 heteroatoms. The van der Waals surface area contributed by atoms with Crippen molar-refractivity contribution < 1.29 is 24.5 Å². The summed E-state index contributed by atoms with van der Waals surface area (Å²) in [6.07, 6.45) is 0. The van der Waals surface area contributed by atoms with Crippen molar-refractivity contribution >= 4 is 12.0 Å². The first kappa shape index (κ1) is 15.7. The summed E-state index contributed by atoms with van der Waals surface area (Å²) in [7, 11) is 0. The molecule has 0 radical (unpaired) electrons. The fourth-order valence-electron chi connectivity index (χ4n) is 0.951. The lowest BCUT2D eigenvalue weighted by Gasteiger charge is -2.13. The number of hydrogen-bond acceptors (Lipinski definition) is 4. The van der Waals surface area contributed by atoms with Crippen molar-refractivity contribution in [3.05, 3.63) is 0 Å². The molecule has 0 aromatic carbocycles. The van der Waals surface area contributed by atoms with Crippen LogP contribution in [0.4, 0.5) is 4.79 Å². The number of carboxylic acid groups (broad SMARTS) is 1. The smallest absolute Gasteiger partial charge is 0.328 e. The quantitative estimate of drug-likeness (QED) is 0.429. The summed E-state index contributed by atoms with van der Waals surface area (Å²) in [5.74, 6) is -0.853. The number of ether oxygens (including phenoxy) is 1. The van der Waals surface area contributed by atoms with Crippen molar-refractivity contribution in [2.24, 2.45) is 5.92 Å². The minimum Gasteiger partial charge on any atom is -0.480 e. The van der Waals surface area contributed by atoms with Crippen molar-refractivity contribution in [3.63, 3.8) is 0 Å². The zero-order chi connectivity index (χ0) is 13.3. The Balaban J connectivity index is 3.62. The van der Waals surface area contributed by atoms with Gasteiger partial charge in [0, 0.05) is 13.2 Å². The largest absolute Gasteiger partial charge is 0.480 e. The van der Waals surface area contributed by atoms with Gasteiger partial charge in [0.15, 0.2) is 6.04 Å². The van der Waals surface area contributed by atoms with Crippen molar-refractivity contribution in [3.8, 4) is 0 Å². The fraction of sp³-hybridized carbons (Fsp3) is 0.800. The van der Waals surface area contributed by atoms with E-state index in [-0.39, 0.29) is 6.54 Å². The third-order valence-electron chi connectivity index (χ3n) is 1.77. The molecule has 100 valence electrons. The molecule has 4 N–H and O–H groups in total. The van der Waals surface area contributed by atoms with Crippen LogP contribution in [-0.2, 0) is 9.53 Å². The highest BCUT2D eigenvalue weighted by atomic mass is 16.5. The number of amides is 2. The Morgan fingerprint density at radius 2 is 2.00 bits per heavy atom. The summed E-state index contributed by atoms with van der Waals surface area (Å²) in [6.45, 7) is 4.64. The van der Waals surface area contributed by atoms with E-state index in [1.807, 2.05) is 13.8 Å². The second kappa shape index (κ2) is 8.77. The predicted octanol–water partition coefficient (Wildman–Crippen LogP) is -0.596. The Labute approximate surface area is 100 Å². The highest BCUT2D eigenvalue weighted by Gasteiger charge is 2.17. The molecule has 7 nitrogen and oxygen atoms in total. The molecule has 17 heavy (non-hydrogen) atoms. The van der Waals surface area contributed by atoms with E-state index in [0.29, 0.717) is 19.1 Å². The van der Waals surface area contributed by atoms with E-state index in [1.54, 1.807) is 0 Å². The Bertz CT molecular complexity index is 245. The van der Waals surface area contributed by atoms with Gasteiger partial charge in [0.25, 0.3) is 0 Å². The van der Waals surface area contributed by atoms with Gasteiger partial charge in [-0.15, -0.1) is 0 Å². The third-order valence-corrected chi connectivity index (χ3v) is 1.77. The molecule has 0 bridgehead atoms. The molecule has 0 rings (SSSR count). The summed E-state index contributed by atoms with van der Waals surface area (Å²) in [5.41, 5.74) is 0. The maximum absolute atomic E-state index is 11.2. The van der Waals surface area contributed by atoms with Crippen LogP contribution >= 0.6 is 0 Å². The van der Waals surface area contributed by atoms with E-state index in [9.17, 15) is 9.59 Å². The summed E-state index contributed by atoms with van der Waals surface area (Å²) < 4.78 is 5.22.